The molecular weight excluding hydrogens is 220 g/mol. The van der Waals surface area contributed by atoms with Crippen molar-refractivity contribution in [2.75, 3.05) is 0 Å². The molecule has 1 aliphatic heterocycles. The molecule has 1 aromatic carbocycles. The highest BCUT2D eigenvalue weighted by Crippen LogP contribution is 2.44. The molecule has 0 aromatic heterocycles. The Morgan fingerprint density at radius 2 is 2.06 bits per heavy atom. The minimum Gasteiger partial charge on any atom is -0.507 e. The number of Topliss-reactive ketones (excluding diaryl/α,β-unsaturated/α-hetero) is 1. The van der Waals surface area contributed by atoms with Crippen LogP contribution in [-0.2, 0) is 6.42 Å². The van der Waals surface area contributed by atoms with Gasteiger partial charge in [-0.25, -0.2) is 0 Å². The third kappa shape index (κ3) is 1.75. The Balaban J connectivity index is 2.59. The van der Waals surface area contributed by atoms with E-state index < -0.39 is 0 Å². The number of benzene rings is 1. The molecule has 0 amide bonds. The summed E-state index contributed by atoms with van der Waals surface area (Å²) in [6.07, 6.45) is 0.215. The van der Waals surface area contributed by atoms with Crippen molar-refractivity contribution in [1.29, 1.82) is 0 Å². The Bertz CT molecular complexity index is 517. The second kappa shape index (κ2) is 3.80. The summed E-state index contributed by atoms with van der Waals surface area (Å²) in [5.74, 6) is -0.313. The number of rotatable bonds is 2. The first-order valence-electron chi connectivity index (χ1n) is 5.32. The molecule has 0 spiro atoms. The summed E-state index contributed by atoms with van der Waals surface area (Å²) < 4.78 is 5.58. The van der Waals surface area contributed by atoms with Crippen LogP contribution in [0.2, 0.25) is 0 Å². The van der Waals surface area contributed by atoms with E-state index in [0.29, 0.717) is 12.0 Å². The molecule has 90 valence electrons. The topological polar surface area (TPSA) is 66.8 Å². The second-order valence-electron chi connectivity index (χ2n) is 4.31. The summed E-state index contributed by atoms with van der Waals surface area (Å²) in [6, 6.07) is 1.18. The predicted molar refractivity (Wildman–Crippen MR) is 62.7 cm³/mol. The molecule has 1 atom stereocenters. The molecule has 4 nitrogen and oxygen atoms in total. The number of hydrogen-bond acceptors (Lipinski definition) is 4. The van der Waals surface area contributed by atoms with Crippen LogP contribution in [-0.4, -0.2) is 22.1 Å². The van der Waals surface area contributed by atoms with Crippen molar-refractivity contribution in [3.05, 3.63) is 29.3 Å². The number of phenols is 2. The van der Waals surface area contributed by atoms with Crippen LogP contribution in [0.25, 0.3) is 0 Å². The molecule has 0 saturated carbocycles. The Labute approximate surface area is 99.2 Å². The molecule has 0 fully saturated rings. The zero-order valence-corrected chi connectivity index (χ0v) is 9.78. The average molecular weight is 234 g/mol. The Morgan fingerprint density at radius 1 is 1.41 bits per heavy atom. The molecule has 0 bridgehead atoms. The third-order valence-electron chi connectivity index (χ3n) is 2.89. The SMILES string of the molecule is C=C(C)C1Cc2c(O)cc(O)c(C(C)=O)c2O1. The lowest BCUT2D eigenvalue weighted by molar-refractivity contribution is 0.101. The highest BCUT2D eigenvalue weighted by Gasteiger charge is 2.31. The van der Waals surface area contributed by atoms with Gasteiger partial charge in [-0.2, -0.15) is 0 Å². The van der Waals surface area contributed by atoms with Gasteiger partial charge in [-0.3, -0.25) is 4.79 Å². The molecular formula is C13H14O4. The lowest BCUT2D eigenvalue weighted by Gasteiger charge is -2.11. The van der Waals surface area contributed by atoms with E-state index in [-0.39, 0.29) is 34.7 Å². The van der Waals surface area contributed by atoms with E-state index in [4.69, 9.17) is 4.74 Å². The van der Waals surface area contributed by atoms with Gasteiger partial charge >= 0.3 is 0 Å². The van der Waals surface area contributed by atoms with Crippen molar-refractivity contribution in [3.8, 4) is 17.2 Å². The van der Waals surface area contributed by atoms with Crippen molar-refractivity contribution in [2.24, 2.45) is 0 Å². The highest BCUT2D eigenvalue weighted by atomic mass is 16.5. The lowest BCUT2D eigenvalue weighted by atomic mass is 10.0. The Hall–Kier alpha value is -1.97. The van der Waals surface area contributed by atoms with Crippen LogP contribution in [0.15, 0.2) is 18.2 Å². The van der Waals surface area contributed by atoms with Crippen LogP contribution in [0.1, 0.15) is 29.8 Å². The molecule has 2 rings (SSSR count). The second-order valence-corrected chi connectivity index (χ2v) is 4.31. The van der Waals surface area contributed by atoms with E-state index in [1.54, 1.807) is 0 Å². The molecule has 4 heteroatoms. The standard InChI is InChI=1S/C13H14O4/c1-6(2)11-4-8-9(15)5-10(16)12(7(3)14)13(8)17-11/h5,11,15-16H,1,4H2,2-3H3. The quantitative estimate of drug-likeness (QED) is 0.608. The highest BCUT2D eigenvalue weighted by molar-refractivity contribution is 6.00. The lowest BCUT2D eigenvalue weighted by Crippen LogP contribution is -2.13. The first-order chi connectivity index (χ1) is 7.91. The molecule has 0 saturated heterocycles. The summed E-state index contributed by atoms with van der Waals surface area (Å²) in [7, 11) is 0. The van der Waals surface area contributed by atoms with Gasteiger partial charge in [0.1, 0.15) is 28.9 Å². The zero-order chi connectivity index (χ0) is 12.7. The van der Waals surface area contributed by atoms with E-state index in [0.717, 1.165) is 5.57 Å². The maximum atomic E-state index is 11.5. The van der Waals surface area contributed by atoms with Crippen molar-refractivity contribution in [2.45, 2.75) is 26.4 Å². The maximum Gasteiger partial charge on any atom is 0.167 e. The Morgan fingerprint density at radius 3 is 2.59 bits per heavy atom. The molecule has 1 unspecified atom stereocenters. The molecule has 1 aromatic rings. The number of aromatic hydroxyl groups is 2. The van der Waals surface area contributed by atoms with E-state index in [1.165, 1.54) is 13.0 Å². The van der Waals surface area contributed by atoms with Gasteiger partial charge < -0.3 is 14.9 Å². The van der Waals surface area contributed by atoms with Gasteiger partial charge in [0.05, 0.1) is 0 Å². The van der Waals surface area contributed by atoms with Crippen LogP contribution in [0.4, 0.5) is 0 Å². The molecule has 17 heavy (non-hydrogen) atoms. The summed E-state index contributed by atoms with van der Waals surface area (Å²) in [6.45, 7) is 6.96. The maximum absolute atomic E-state index is 11.5. The average Bonchev–Trinajstić information content (AvgIpc) is 2.61. The van der Waals surface area contributed by atoms with Crippen LogP contribution >= 0.6 is 0 Å². The van der Waals surface area contributed by atoms with Gasteiger partial charge in [0.25, 0.3) is 0 Å². The van der Waals surface area contributed by atoms with E-state index in [1.807, 2.05) is 6.92 Å². The van der Waals surface area contributed by atoms with Crippen molar-refractivity contribution < 1.29 is 19.7 Å². The summed E-state index contributed by atoms with van der Waals surface area (Å²) in [5.41, 5.74) is 1.50. The number of fused-ring (bicyclic) bond motifs is 1. The number of phenolic OH excluding ortho intramolecular Hbond substituents is 2. The first-order valence-corrected chi connectivity index (χ1v) is 5.32. The van der Waals surface area contributed by atoms with E-state index in [2.05, 4.69) is 6.58 Å². The van der Waals surface area contributed by atoms with Crippen molar-refractivity contribution in [1.82, 2.24) is 0 Å². The summed E-state index contributed by atoms with van der Waals surface area (Å²) >= 11 is 0. The third-order valence-corrected chi connectivity index (χ3v) is 2.89. The fraction of sp³-hybridized carbons (Fsp3) is 0.308. The van der Waals surface area contributed by atoms with Gasteiger partial charge in [-0.05, 0) is 19.4 Å². The number of carbonyl (C=O) groups excluding carboxylic acids is 1. The number of ketones is 1. The zero-order valence-electron chi connectivity index (χ0n) is 9.78. The molecule has 2 N–H and O–H groups in total. The minimum atomic E-state index is -0.291. The first kappa shape index (κ1) is 11.5. The van der Waals surface area contributed by atoms with Crippen molar-refractivity contribution >= 4 is 5.78 Å². The van der Waals surface area contributed by atoms with Gasteiger partial charge in [-0.15, -0.1) is 0 Å². The molecule has 1 heterocycles. The van der Waals surface area contributed by atoms with E-state index >= 15 is 0 Å². The minimum absolute atomic E-state index is 0.0498. The smallest absolute Gasteiger partial charge is 0.167 e. The van der Waals surface area contributed by atoms with Crippen molar-refractivity contribution in [3.63, 3.8) is 0 Å². The normalized spacial score (nSPS) is 17.4. The monoisotopic (exact) mass is 234 g/mol. The number of ether oxygens (including phenoxy) is 1. The predicted octanol–water partition coefficient (Wildman–Crippen LogP) is 2.18. The summed E-state index contributed by atoms with van der Waals surface area (Å²) in [5, 5.41) is 19.4. The van der Waals surface area contributed by atoms with Gasteiger partial charge in [0.2, 0.25) is 0 Å². The van der Waals surface area contributed by atoms with Gasteiger partial charge in [0, 0.05) is 18.1 Å². The molecule has 0 radical (unpaired) electrons. The summed E-state index contributed by atoms with van der Waals surface area (Å²) in [4.78, 5) is 11.5. The van der Waals surface area contributed by atoms with Gasteiger partial charge in [-0.1, -0.05) is 6.58 Å². The molecule has 1 aliphatic rings. The van der Waals surface area contributed by atoms with Crippen LogP contribution in [0.5, 0.6) is 17.2 Å². The van der Waals surface area contributed by atoms with Crippen LogP contribution in [0.3, 0.4) is 0 Å². The number of hydrogen-bond donors (Lipinski definition) is 2. The van der Waals surface area contributed by atoms with E-state index in [9.17, 15) is 15.0 Å². The molecule has 0 aliphatic carbocycles. The van der Waals surface area contributed by atoms with Crippen LogP contribution in [0, 0.1) is 0 Å². The fourth-order valence-corrected chi connectivity index (χ4v) is 1.98. The Kier molecular flexibility index (Phi) is 2.58. The van der Waals surface area contributed by atoms with Gasteiger partial charge in [0.15, 0.2) is 5.78 Å². The van der Waals surface area contributed by atoms with Crippen LogP contribution < -0.4 is 4.74 Å². The largest absolute Gasteiger partial charge is 0.507 e. The fourth-order valence-electron chi connectivity index (χ4n) is 1.98. The number of carbonyl (C=O) groups is 1.